The van der Waals surface area contributed by atoms with E-state index in [0.29, 0.717) is 22.2 Å². The molecule has 2 amide bonds. The summed E-state index contributed by atoms with van der Waals surface area (Å²) < 4.78 is 39.9. The summed E-state index contributed by atoms with van der Waals surface area (Å²) in [6.07, 6.45) is -2.90. The number of nitrogens with one attached hydrogen (secondary N) is 2. The molecule has 10 heteroatoms. The molecule has 0 fully saturated rings. The average molecular weight is 453 g/mol. The molecule has 0 saturated heterocycles. The normalized spacial score (nSPS) is 11.4. The van der Waals surface area contributed by atoms with Gasteiger partial charge in [0.05, 0.1) is 35.4 Å². The first-order chi connectivity index (χ1) is 15.8. The predicted molar refractivity (Wildman–Crippen MR) is 117 cm³/mol. The van der Waals surface area contributed by atoms with Crippen LogP contribution in [0.25, 0.3) is 10.8 Å². The van der Waals surface area contributed by atoms with E-state index in [0.717, 1.165) is 12.1 Å². The minimum Gasteiger partial charge on any atom is -0.332 e. The highest BCUT2D eigenvalue weighted by Gasteiger charge is 2.30. The number of urea groups is 1. The van der Waals surface area contributed by atoms with Crippen molar-refractivity contribution in [1.82, 2.24) is 20.1 Å². The first-order valence-corrected chi connectivity index (χ1v) is 9.92. The van der Waals surface area contributed by atoms with Crippen LogP contribution in [0.5, 0.6) is 0 Å². The minimum atomic E-state index is -4.52. The number of halogens is 3. The van der Waals surface area contributed by atoms with Gasteiger partial charge in [0.1, 0.15) is 0 Å². The van der Waals surface area contributed by atoms with Crippen LogP contribution in [0.3, 0.4) is 0 Å². The number of anilines is 1. The first-order valence-electron chi connectivity index (χ1n) is 9.92. The number of carbonyl (C=O) groups excluding carboxylic acids is 1. The van der Waals surface area contributed by atoms with Crippen LogP contribution in [-0.2, 0) is 19.3 Å². The van der Waals surface area contributed by atoms with Crippen LogP contribution < -0.4 is 16.2 Å². The highest BCUT2D eigenvalue weighted by atomic mass is 19.4. The van der Waals surface area contributed by atoms with E-state index < -0.39 is 17.8 Å². The predicted octanol–water partition coefficient (Wildman–Crippen LogP) is 4.18. The van der Waals surface area contributed by atoms with Crippen LogP contribution in [0.15, 0.2) is 77.7 Å². The van der Waals surface area contributed by atoms with Crippen molar-refractivity contribution in [3.05, 3.63) is 100 Å². The number of benzene rings is 2. The number of fused-ring (bicyclic) bond motifs is 1. The van der Waals surface area contributed by atoms with E-state index in [1.165, 1.54) is 16.8 Å². The van der Waals surface area contributed by atoms with E-state index in [9.17, 15) is 22.8 Å². The molecule has 33 heavy (non-hydrogen) atoms. The molecule has 168 valence electrons. The van der Waals surface area contributed by atoms with E-state index >= 15 is 0 Å². The number of hydrogen-bond donors (Lipinski definition) is 2. The van der Waals surface area contributed by atoms with Crippen molar-refractivity contribution < 1.29 is 18.0 Å². The zero-order valence-electron chi connectivity index (χ0n) is 17.1. The zero-order valence-corrected chi connectivity index (χ0v) is 17.1. The Kier molecular flexibility index (Phi) is 6.07. The Morgan fingerprint density at radius 1 is 0.970 bits per heavy atom. The Labute approximate surface area is 185 Å². The summed E-state index contributed by atoms with van der Waals surface area (Å²) in [5.74, 6) is 0. The summed E-state index contributed by atoms with van der Waals surface area (Å²) in [4.78, 5) is 29.4. The van der Waals surface area contributed by atoms with Crippen molar-refractivity contribution in [2.75, 3.05) is 5.32 Å². The quantitative estimate of drug-likeness (QED) is 0.475. The second-order valence-electron chi connectivity index (χ2n) is 7.16. The summed E-state index contributed by atoms with van der Waals surface area (Å²) in [5.41, 5.74) is -0.0906. The monoisotopic (exact) mass is 453 g/mol. The highest BCUT2D eigenvalue weighted by Crippen LogP contribution is 2.30. The Hall–Kier alpha value is -4.21. The molecule has 0 aliphatic rings. The minimum absolute atomic E-state index is 0.000245. The maximum absolute atomic E-state index is 12.9. The number of amides is 2. The van der Waals surface area contributed by atoms with Crippen molar-refractivity contribution in [1.29, 1.82) is 0 Å². The molecule has 2 N–H and O–H groups in total. The third-order valence-corrected chi connectivity index (χ3v) is 4.85. The molecule has 0 radical (unpaired) electrons. The average Bonchev–Trinajstić information content (AvgIpc) is 2.80. The van der Waals surface area contributed by atoms with Gasteiger partial charge in [-0.2, -0.15) is 18.3 Å². The number of pyridine rings is 1. The van der Waals surface area contributed by atoms with Gasteiger partial charge < -0.3 is 10.6 Å². The van der Waals surface area contributed by atoms with E-state index in [1.807, 2.05) is 0 Å². The van der Waals surface area contributed by atoms with Crippen molar-refractivity contribution in [2.45, 2.75) is 19.3 Å². The summed E-state index contributed by atoms with van der Waals surface area (Å²) in [6, 6.07) is 15.8. The number of alkyl halides is 3. The summed E-state index contributed by atoms with van der Waals surface area (Å²) in [5, 5.41) is 10.4. The van der Waals surface area contributed by atoms with Crippen LogP contribution >= 0.6 is 0 Å². The third kappa shape index (κ3) is 5.17. The SMILES string of the molecule is O=C(NCc1nn(Cc2ccccn2)c(=O)c2ccccc12)Nc1cccc(C(F)(F)F)c1. The van der Waals surface area contributed by atoms with Gasteiger partial charge in [-0.1, -0.05) is 30.3 Å². The van der Waals surface area contributed by atoms with Gasteiger partial charge in [-0.05, 0) is 36.4 Å². The molecule has 4 aromatic rings. The van der Waals surface area contributed by atoms with E-state index in [-0.39, 0.29) is 24.3 Å². The first kappa shape index (κ1) is 22.0. The molecular weight excluding hydrogens is 435 g/mol. The fraction of sp³-hybridized carbons (Fsp3) is 0.130. The molecule has 0 spiro atoms. The van der Waals surface area contributed by atoms with Crippen molar-refractivity contribution in [3.63, 3.8) is 0 Å². The molecule has 2 aromatic carbocycles. The lowest BCUT2D eigenvalue weighted by molar-refractivity contribution is -0.137. The second-order valence-corrected chi connectivity index (χ2v) is 7.16. The number of carbonyl (C=O) groups is 1. The van der Waals surface area contributed by atoms with Gasteiger partial charge in [0.15, 0.2) is 0 Å². The molecule has 2 aromatic heterocycles. The molecule has 0 atom stereocenters. The van der Waals surface area contributed by atoms with Gasteiger partial charge >= 0.3 is 12.2 Å². The molecule has 0 bridgehead atoms. The summed E-state index contributed by atoms with van der Waals surface area (Å²) in [7, 11) is 0. The van der Waals surface area contributed by atoms with Gasteiger partial charge in [-0.15, -0.1) is 0 Å². The van der Waals surface area contributed by atoms with Crippen molar-refractivity contribution in [2.24, 2.45) is 0 Å². The molecule has 7 nitrogen and oxygen atoms in total. The maximum atomic E-state index is 12.9. The van der Waals surface area contributed by atoms with Crippen LogP contribution in [0.1, 0.15) is 17.0 Å². The van der Waals surface area contributed by atoms with Crippen molar-refractivity contribution >= 4 is 22.5 Å². The maximum Gasteiger partial charge on any atom is 0.416 e. The zero-order chi connectivity index (χ0) is 23.4. The van der Waals surface area contributed by atoms with E-state index in [1.54, 1.807) is 48.7 Å². The standard InChI is InChI=1S/C23H18F3N5O2/c24-23(25,26)15-6-5-8-16(12-15)29-22(33)28-13-20-18-9-1-2-10-19(18)21(32)31(30-20)14-17-7-3-4-11-27-17/h1-12H,13-14H2,(H2,28,29,33). The van der Waals surface area contributed by atoms with Crippen LogP contribution in [-0.4, -0.2) is 20.8 Å². The number of hydrogen-bond acceptors (Lipinski definition) is 4. The largest absolute Gasteiger partial charge is 0.416 e. The van der Waals surface area contributed by atoms with Crippen LogP contribution in [0, 0.1) is 0 Å². The van der Waals surface area contributed by atoms with Gasteiger partial charge in [-0.25, -0.2) is 9.48 Å². The highest BCUT2D eigenvalue weighted by molar-refractivity contribution is 5.90. The van der Waals surface area contributed by atoms with Crippen LogP contribution in [0.2, 0.25) is 0 Å². The number of nitrogens with zero attached hydrogens (tertiary/aromatic N) is 3. The molecule has 0 saturated carbocycles. The fourth-order valence-corrected chi connectivity index (χ4v) is 3.30. The molecule has 2 heterocycles. The number of rotatable bonds is 5. The van der Waals surface area contributed by atoms with Crippen molar-refractivity contribution in [3.8, 4) is 0 Å². The third-order valence-electron chi connectivity index (χ3n) is 4.85. The molecule has 0 unspecified atom stereocenters. The van der Waals surface area contributed by atoms with Crippen LogP contribution in [0.4, 0.5) is 23.7 Å². The second kappa shape index (κ2) is 9.11. The fourth-order valence-electron chi connectivity index (χ4n) is 3.30. The number of aromatic nitrogens is 3. The lowest BCUT2D eigenvalue weighted by atomic mass is 10.1. The Bertz CT molecular complexity index is 1350. The van der Waals surface area contributed by atoms with E-state index in [2.05, 4.69) is 20.7 Å². The van der Waals surface area contributed by atoms with E-state index in [4.69, 9.17) is 0 Å². The lowest BCUT2D eigenvalue weighted by Crippen LogP contribution is -2.31. The topological polar surface area (TPSA) is 88.9 Å². The molecule has 4 rings (SSSR count). The Morgan fingerprint density at radius 3 is 2.45 bits per heavy atom. The molecule has 0 aliphatic heterocycles. The smallest absolute Gasteiger partial charge is 0.332 e. The lowest BCUT2D eigenvalue weighted by Gasteiger charge is -2.13. The molecular formula is C23H18F3N5O2. The Balaban J connectivity index is 1.55. The van der Waals surface area contributed by atoms with Gasteiger partial charge in [-0.3, -0.25) is 9.78 Å². The molecule has 0 aliphatic carbocycles. The van der Waals surface area contributed by atoms with Gasteiger partial charge in [0, 0.05) is 17.3 Å². The van der Waals surface area contributed by atoms with Gasteiger partial charge in [0.2, 0.25) is 0 Å². The Morgan fingerprint density at radius 2 is 1.73 bits per heavy atom. The summed E-state index contributed by atoms with van der Waals surface area (Å²) >= 11 is 0. The van der Waals surface area contributed by atoms with Gasteiger partial charge in [0.25, 0.3) is 5.56 Å². The summed E-state index contributed by atoms with van der Waals surface area (Å²) in [6.45, 7) is 0.0990.